The van der Waals surface area contributed by atoms with Crippen LogP contribution in [-0.4, -0.2) is 38.0 Å². The fourth-order valence-corrected chi connectivity index (χ4v) is 2.70. The first-order valence-electron chi connectivity index (χ1n) is 7.94. The van der Waals surface area contributed by atoms with Crippen LogP contribution in [0, 0.1) is 13.8 Å². The minimum absolute atomic E-state index is 0.153. The molecule has 0 amide bonds. The summed E-state index contributed by atoms with van der Waals surface area (Å²) in [4.78, 5) is 1.36. The fourth-order valence-electron chi connectivity index (χ4n) is 2.51. The first-order chi connectivity index (χ1) is 12.0. The lowest BCUT2D eigenvalue weighted by Gasteiger charge is -2.15. The summed E-state index contributed by atoms with van der Waals surface area (Å²) < 4.78 is 5.75. The van der Waals surface area contributed by atoms with Crippen molar-refractivity contribution >= 4 is 11.6 Å². The van der Waals surface area contributed by atoms with Gasteiger partial charge >= 0.3 is 0 Å². The first kappa shape index (κ1) is 17.4. The van der Waals surface area contributed by atoms with Crippen molar-refractivity contribution < 1.29 is 9.84 Å². The number of halogens is 1. The number of aromatic nitrogens is 4. The third-order valence-electron chi connectivity index (χ3n) is 3.74. The van der Waals surface area contributed by atoms with Crippen molar-refractivity contribution in [2.45, 2.75) is 26.5 Å². The zero-order valence-electron chi connectivity index (χ0n) is 14.1. The van der Waals surface area contributed by atoms with E-state index in [2.05, 4.69) is 15.4 Å². The van der Waals surface area contributed by atoms with Gasteiger partial charge in [0.15, 0.2) is 0 Å². The zero-order chi connectivity index (χ0) is 17.8. The van der Waals surface area contributed by atoms with E-state index >= 15 is 0 Å². The number of aryl methyl sites for hydroxylation is 2. The van der Waals surface area contributed by atoms with Gasteiger partial charge in [0.25, 0.3) is 0 Å². The second-order valence-corrected chi connectivity index (χ2v) is 6.30. The minimum Gasteiger partial charge on any atom is -0.490 e. The molecule has 0 aliphatic heterocycles. The molecule has 1 heterocycles. The Hall–Kier alpha value is -2.44. The first-order valence-corrected chi connectivity index (χ1v) is 8.31. The smallest absolute Gasteiger partial charge is 0.204 e. The molecule has 0 unspecified atom stereocenters. The molecule has 0 fully saturated rings. The van der Waals surface area contributed by atoms with Gasteiger partial charge in [0.05, 0.1) is 6.54 Å². The summed E-state index contributed by atoms with van der Waals surface area (Å²) in [7, 11) is 0. The maximum Gasteiger partial charge on any atom is 0.204 e. The molecule has 0 saturated heterocycles. The molecule has 0 radical (unpaired) electrons. The number of benzene rings is 2. The van der Waals surface area contributed by atoms with Gasteiger partial charge in [-0.25, -0.2) is 0 Å². The second kappa shape index (κ2) is 7.63. The molecule has 3 aromatic rings. The molecule has 25 heavy (non-hydrogen) atoms. The third-order valence-corrected chi connectivity index (χ3v) is 3.97. The van der Waals surface area contributed by atoms with Crippen molar-refractivity contribution in [3.63, 3.8) is 0 Å². The van der Waals surface area contributed by atoms with Crippen molar-refractivity contribution in [2.75, 3.05) is 6.61 Å². The average molecular weight is 359 g/mol. The molecular weight excluding hydrogens is 340 g/mol. The Bertz CT molecular complexity index is 846. The number of hydrogen-bond acceptors (Lipinski definition) is 5. The zero-order valence-corrected chi connectivity index (χ0v) is 14.8. The van der Waals surface area contributed by atoms with E-state index in [1.54, 1.807) is 12.1 Å². The van der Waals surface area contributed by atoms with Crippen LogP contribution in [-0.2, 0) is 6.54 Å². The van der Waals surface area contributed by atoms with Crippen molar-refractivity contribution in [1.29, 1.82) is 0 Å². The van der Waals surface area contributed by atoms with Gasteiger partial charge in [-0.1, -0.05) is 41.9 Å². The van der Waals surface area contributed by atoms with E-state index in [1.165, 1.54) is 4.80 Å². The summed E-state index contributed by atoms with van der Waals surface area (Å²) in [5.74, 6) is 1.26. The predicted molar refractivity (Wildman–Crippen MR) is 95.7 cm³/mol. The van der Waals surface area contributed by atoms with Crippen molar-refractivity contribution in [3.05, 3.63) is 58.6 Å². The van der Waals surface area contributed by atoms with Gasteiger partial charge in [-0.15, -0.1) is 10.2 Å². The van der Waals surface area contributed by atoms with Gasteiger partial charge in [0.2, 0.25) is 5.82 Å². The van der Waals surface area contributed by atoms with E-state index in [-0.39, 0.29) is 13.2 Å². The van der Waals surface area contributed by atoms with E-state index in [4.69, 9.17) is 16.3 Å². The van der Waals surface area contributed by atoms with Crippen LogP contribution >= 0.6 is 11.6 Å². The Morgan fingerprint density at radius 1 is 1.16 bits per heavy atom. The maximum absolute atomic E-state index is 10.2. The number of aliphatic hydroxyl groups excluding tert-OH is 1. The van der Waals surface area contributed by atoms with Gasteiger partial charge in [-0.05, 0) is 42.3 Å². The lowest BCUT2D eigenvalue weighted by atomic mass is 10.1. The normalized spacial score (nSPS) is 12.2. The Morgan fingerprint density at radius 3 is 2.60 bits per heavy atom. The molecule has 0 saturated carbocycles. The van der Waals surface area contributed by atoms with Crippen LogP contribution in [0.5, 0.6) is 5.75 Å². The van der Waals surface area contributed by atoms with Gasteiger partial charge in [-0.3, -0.25) is 0 Å². The number of tetrazole rings is 1. The Labute approximate surface area is 151 Å². The van der Waals surface area contributed by atoms with E-state index < -0.39 is 6.10 Å². The molecule has 130 valence electrons. The molecule has 1 aromatic heterocycles. The van der Waals surface area contributed by atoms with E-state index in [0.29, 0.717) is 10.8 Å². The molecule has 2 aromatic carbocycles. The van der Waals surface area contributed by atoms with E-state index in [1.807, 2.05) is 44.2 Å². The van der Waals surface area contributed by atoms with Crippen molar-refractivity contribution in [1.82, 2.24) is 20.2 Å². The lowest BCUT2D eigenvalue weighted by Crippen LogP contribution is -2.25. The van der Waals surface area contributed by atoms with Crippen molar-refractivity contribution in [3.8, 4) is 17.1 Å². The quantitative estimate of drug-likeness (QED) is 0.733. The number of para-hydroxylation sites is 1. The summed E-state index contributed by atoms with van der Waals surface area (Å²) in [6.45, 7) is 4.30. The predicted octanol–water partition coefficient (Wildman–Crippen LogP) is 3.05. The van der Waals surface area contributed by atoms with Crippen LogP contribution in [0.3, 0.4) is 0 Å². The highest BCUT2D eigenvalue weighted by atomic mass is 35.5. The van der Waals surface area contributed by atoms with Crippen LogP contribution in [0.4, 0.5) is 0 Å². The number of nitrogens with zero attached hydrogens (tertiary/aromatic N) is 4. The van der Waals surface area contributed by atoms with Gasteiger partial charge in [0.1, 0.15) is 18.5 Å². The number of aliphatic hydroxyl groups is 1. The highest BCUT2D eigenvalue weighted by Gasteiger charge is 2.12. The topological polar surface area (TPSA) is 73.1 Å². The van der Waals surface area contributed by atoms with Crippen LogP contribution in [0.2, 0.25) is 5.02 Å². The lowest BCUT2D eigenvalue weighted by molar-refractivity contribution is 0.0844. The number of ether oxygens (including phenoxy) is 1. The minimum atomic E-state index is -0.750. The second-order valence-electron chi connectivity index (χ2n) is 5.86. The maximum atomic E-state index is 10.2. The molecule has 0 bridgehead atoms. The third kappa shape index (κ3) is 4.35. The molecule has 3 rings (SSSR count). The van der Waals surface area contributed by atoms with Gasteiger partial charge < -0.3 is 9.84 Å². The highest BCUT2D eigenvalue weighted by molar-refractivity contribution is 6.30. The molecule has 7 heteroatoms. The standard InChI is InChI=1S/C18H19ClN4O2/c1-12-5-3-6-13(2)17(12)25-11-16(24)10-23-21-18(20-22-23)14-7-4-8-15(19)9-14/h3-9,16,24H,10-11H2,1-2H3/t16-/m1/s1. The molecule has 0 aliphatic carbocycles. The van der Waals surface area contributed by atoms with Crippen molar-refractivity contribution in [2.24, 2.45) is 0 Å². The summed E-state index contributed by atoms with van der Waals surface area (Å²) in [5, 5.41) is 23.0. The van der Waals surface area contributed by atoms with Crippen LogP contribution in [0.25, 0.3) is 11.4 Å². The van der Waals surface area contributed by atoms with Crippen LogP contribution in [0.1, 0.15) is 11.1 Å². The Kier molecular flexibility index (Phi) is 5.31. The molecule has 6 nitrogen and oxygen atoms in total. The Morgan fingerprint density at radius 2 is 1.88 bits per heavy atom. The van der Waals surface area contributed by atoms with Gasteiger partial charge in [0, 0.05) is 10.6 Å². The highest BCUT2D eigenvalue weighted by Crippen LogP contribution is 2.22. The van der Waals surface area contributed by atoms with E-state index in [0.717, 1.165) is 22.4 Å². The SMILES string of the molecule is Cc1cccc(C)c1OC[C@H](O)Cn1nnc(-c2cccc(Cl)c2)n1. The summed E-state index contributed by atoms with van der Waals surface area (Å²) >= 11 is 5.97. The Balaban J connectivity index is 1.61. The van der Waals surface area contributed by atoms with Gasteiger partial charge in [-0.2, -0.15) is 4.80 Å². The molecule has 0 spiro atoms. The van der Waals surface area contributed by atoms with Crippen LogP contribution < -0.4 is 4.74 Å². The fraction of sp³-hybridized carbons (Fsp3) is 0.278. The summed E-state index contributed by atoms with van der Waals surface area (Å²) in [6, 6.07) is 13.2. The summed E-state index contributed by atoms with van der Waals surface area (Å²) in [6.07, 6.45) is -0.750. The average Bonchev–Trinajstić information content (AvgIpc) is 3.03. The largest absolute Gasteiger partial charge is 0.490 e. The molecular formula is C18H19ClN4O2. The van der Waals surface area contributed by atoms with E-state index in [9.17, 15) is 5.11 Å². The summed E-state index contributed by atoms with van der Waals surface area (Å²) in [5.41, 5.74) is 2.85. The number of hydrogen-bond donors (Lipinski definition) is 1. The monoisotopic (exact) mass is 358 g/mol. The molecule has 0 aliphatic rings. The number of rotatable bonds is 6. The molecule has 1 atom stereocenters. The molecule has 1 N–H and O–H groups in total. The van der Waals surface area contributed by atoms with Crippen LogP contribution in [0.15, 0.2) is 42.5 Å².